The Kier molecular flexibility index (Phi) is 5.42. The number of carbonyl (C=O) groups is 1. The molecule has 0 unspecified atom stereocenters. The lowest BCUT2D eigenvalue weighted by atomic mass is 10.1. The van der Waals surface area contributed by atoms with Gasteiger partial charge in [0.05, 0.1) is 15.4 Å². The predicted molar refractivity (Wildman–Crippen MR) is 100 cm³/mol. The van der Waals surface area contributed by atoms with E-state index in [1.807, 2.05) is 49.5 Å². The third-order valence-electron chi connectivity index (χ3n) is 3.89. The first kappa shape index (κ1) is 17.1. The fourth-order valence-electron chi connectivity index (χ4n) is 2.48. The molecule has 6 heteroatoms. The monoisotopic (exact) mass is 353 g/mol. The molecule has 25 heavy (non-hydrogen) atoms. The van der Waals surface area contributed by atoms with Gasteiger partial charge >= 0.3 is 0 Å². The highest BCUT2D eigenvalue weighted by Crippen LogP contribution is 2.28. The van der Waals surface area contributed by atoms with Crippen molar-refractivity contribution in [3.8, 4) is 10.6 Å². The summed E-state index contributed by atoms with van der Waals surface area (Å²) in [6.45, 7) is 0.864. The molecule has 3 rings (SSSR count). The zero-order chi connectivity index (χ0) is 17.6. The molecule has 1 amide bonds. The molecular formula is C19H19N3O2S. The number of likely N-dealkylation sites (N-methyl/N-ethyl adjacent to an activating group) is 1. The number of rotatable bonds is 6. The average molecular weight is 353 g/mol. The number of hydrogen-bond donors (Lipinski definition) is 2. The second-order valence-electron chi connectivity index (χ2n) is 5.64. The Labute approximate surface area is 150 Å². The Hall–Kier alpha value is -2.70. The van der Waals surface area contributed by atoms with Crippen molar-refractivity contribution in [1.82, 2.24) is 10.5 Å². The molecule has 2 aromatic heterocycles. The van der Waals surface area contributed by atoms with E-state index in [1.54, 1.807) is 11.5 Å². The Morgan fingerprint density at radius 1 is 1.12 bits per heavy atom. The Morgan fingerprint density at radius 3 is 2.68 bits per heavy atom. The fraction of sp³-hybridized carbons (Fsp3) is 0.158. The summed E-state index contributed by atoms with van der Waals surface area (Å²) in [6, 6.07) is 19.7. The van der Waals surface area contributed by atoms with Gasteiger partial charge < -0.3 is 4.90 Å². The van der Waals surface area contributed by atoms with Crippen molar-refractivity contribution in [2.75, 3.05) is 18.5 Å². The summed E-state index contributed by atoms with van der Waals surface area (Å²) in [4.78, 5) is 19.6. The number of anilines is 1. The van der Waals surface area contributed by atoms with Gasteiger partial charge in [-0.1, -0.05) is 36.4 Å². The lowest BCUT2D eigenvalue weighted by Gasteiger charge is -2.18. The number of pyridine rings is 1. The van der Waals surface area contributed by atoms with Crippen LogP contribution in [-0.2, 0) is 6.42 Å². The normalized spacial score (nSPS) is 10.5. The predicted octanol–water partition coefficient (Wildman–Crippen LogP) is 3.61. The van der Waals surface area contributed by atoms with Crippen LogP contribution in [0.1, 0.15) is 15.2 Å². The standard InChI is InChI=1S/C19H19N3O2S/c1-22(13-12-14-6-3-2-4-7-14)18-9-5-8-15(20-18)16-10-11-17(25-16)19(23)21-24/h2-11,24H,12-13H2,1H3,(H,21,23). The van der Waals surface area contributed by atoms with Gasteiger partial charge in [-0.3, -0.25) is 10.0 Å². The van der Waals surface area contributed by atoms with E-state index in [0.29, 0.717) is 4.88 Å². The Balaban J connectivity index is 1.72. The molecule has 2 N–H and O–H groups in total. The van der Waals surface area contributed by atoms with Crippen molar-refractivity contribution in [3.63, 3.8) is 0 Å². The van der Waals surface area contributed by atoms with Gasteiger partial charge in [-0.05, 0) is 36.2 Å². The van der Waals surface area contributed by atoms with Crippen molar-refractivity contribution < 1.29 is 10.0 Å². The molecule has 0 saturated heterocycles. The summed E-state index contributed by atoms with van der Waals surface area (Å²) in [5, 5.41) is 8.72. The zero-order valence-corrected chi connectivity index (χ0v) is 14.7. The second kappa shape index (κ2) is 7.92. The van der Waals surface area contributed by atoms with E-state index in [2.05, 4.69) is 17.0 Å². The molecule has 3 aromatic rings. The van der Waals surface area contributed by atoms with Crippen molar-refractivity contribution >= 4 is 23.1 Å². The molecule has 0 atom stereocenters. The van der Waals surface area contributed by atoms with Crippen LogP contribution in [0.4, 0.5) is 5.82 Å². The van der Waals surface area contributed by atoms with E-state index >= 15 is 0 Å². The summed E-state index contributed by atoms with van der Waals surface area (Å²) in [7, 11) is 2.02. The summed E-state index contributed by atoms with van der Waals surface area (Å²) in [6.07, 6.45) is 0.947. The van der Waals surface area contributed by atoms with Gasteiger partial charge in [-0.25, -0.2) is 10.5 Å². The van der Waals surface area contributed by atoms with Gasteiger partial charge in [0, 0.05) is 13.6 Å². The van der Waals surface area contributed by atoms with E-state index < -0.39 is 5.91 Å². The molecule has 0 bridgehead atoms. The van der Waals surface area contributed by atoms with Crippen LogP contribution in [0.5, 0.6) is 0 Å². The fourth-order valence-corrected chi connectivity index (χ4v) is 3.35. The highest BCUT2D eigenvalue weighted by atomic mass is 32.1. The highest BCUT2D eigenvalue weighted by molar-refractivity contribution is 7.17. The number of thiophene rings is 1. The smallest absolute Gasteiger partial charge is 0.284 e. The summed E-state index contributed by atoms with van der Waals surface area (Å²) >= 11 is 1.30. The van der Waals surface area contributed by atoms with E-state index in [9.17, 15) is 4.79 Å². The van der Waals surface area contributed by atoms with Gasteiger partial charge in [0.25, 0.3) is 5.91 Å². The number of nitrogens with one attached hydrogen (secondary N) is 1. The summed E-state index contributed by atoms with van der Waals surface area (Å²) < 4.78 is 0. The second-order valence-corrected chi connectivity index (χ2v) is 6.73. The minimum absolute atomic E-state index is 0.446. The first-order valence-corrected chi connectivity index (χ1v) is 8.76. The van der Waals surface area contributed by atoms with E-state index in [1.165, 1.54) is 16.9 Å². The molecule has 0 fully saturated rings. The Morgan fingerprint density at radius 2 is 1.92 bits per heavy atom. The van der Waals surface area contributed by atoms with E-state index in [0.717, 1.165) is 29.4 Å². The molecule has 0 aliphatic carbocycles. The van der Waals surface area contributed by atoms with Gasteiger partial charge in [0.2, 0.25) is 0 Å². The van der Waals surface area contributed by atoms with Gasteiger partial charge in [-0.2, -0.15) is 0 Å². The summed E-state index contributed by atoms with van der Waals surface area (Å²) in [5.41, 5.74) is 3.76. The maximum Gasteiger partial charge on any atom is 0.284 e. The minimum Gasteiger partial charge on any atom is -0.359 e. The number of hydrogen-bond acceptors (Lipinski definition) is 5. The molecule has 5 nitrogen and oxygen atoms in total. The molecule has 1 aromatic carbocycles. The molecular weight excluding hydrogens is 334 g/mol. The lowest BCUT2D eigenvalue weighted by Crippen LogP contribution is -2.21. The number of carbonyl (C=O) groups excluding carboxylic acids is 1. The van der Waals surface area contributed by atoms with Gasteiger partial charge in [-0.15, -0.1) is 11.3 Å². The molecule has 128 valence electrons. The quantitative estimate of drug-likeness (QED) is 0.525. The summed E-state index contributed by atoms with van der Waals surface area (Å²) in [5.74, 6) is 0.377. The Bertz CT molecular complexity index is 849. The SMILES string of the molecule is CN(CCc1ccccc1)c1cccc(-c2ccc(C(=O)NO)s2)n1. The number of aromatic nitrogens is 1. The van der Waals surface area contributed by atoms with Crippen LogP contribution in [0.15, 0.2) is 60.7 Å². The van der Waals surface area contributed by atoms with Crippen LogP contribution >= 0.6 is 11.3 Å². The van der Waals surface area contributed by atoms with Crippen molar-refractivity contribution in [1.29, 1.82) is 0 Å². The highest BCUT2D eigenvalue weighted by Gasteiger charge is 2.11. The molecule has 0 radical (unpaired) electrons. The van der Waals surface area contributed by atoms with Crippen molar-refractivity contribution in [3.05, 3.63) is 71.1 Å². The maximum absolute atomic E-state index is 11.5. The van der Waals surface area contributed by atoms with Crippen LogP contribution in [0.3, 0.4) is 0 Å². The van der Waals surface area contributed by atoms with E-state index in [-0.39, 0.29) is 0 Å². The van der Waals surface area contributed by atoms with Crippen molar-refractivity contribution in [2.45, 2.75) is 6.42 Å². The number of nitrogens with zero attached hydrogens (tertiary/aromatic N) is 2. The number of amides is 1. The first-order chi connectivity index (χ1) is 12.2. The van der Waals surface area contributed by atoms with Crippen LogP contribution in [0.25, 0.3) is 10.6 Å². The first-order valence-electron chi connectivity index (χ1n) is 7.94. The molecule has 0 aliphatic heterocycles. The topological polar surface area (TPSA) is 65.5 Å². The van der Waals surface area contributed by atoms with Crippen LogP contribution in [-0.4, -0.2) is 29.7 Å². The zero-order valence-electron chi connectivity index (χ0n) is 13.8. The lowest BCUT2D eigenvalue weighted by molar-refractivity contribution is 0.0711. The number of benzene rings is 1. The average Bonchev–Trinajstić information content (AvgIpc) is 3.16. The van der Waals surface area contributed by atoms with Crippen LogP contribution in [0, 0.1) is 0 Å². The van der Waals surface area contributed by atoms with E-state index in [4.69, 9.17) is 10.2 Å². The number of hydroxylamine groups is 1. The van der Waals surface area contributed by atoms with Gasteiger partial charge in [0.1, 0.15) is 5.82 Å². The van der Waals surface area contributed by atoms with Crippen LogP contribution < -0.4 is 10.4 Å². The maximum atomic E-state index is 11.5. The third-order valence-corrected chi connectivity index (χ3v) is 4.99. The molecule has 0 spiro atoms. The van der Waals surface area contributed by atoms with Gasteiger partial charge in [0.15, 0.2) is 0 Å². The minimum atomic E-state index is -0.507. The largest absolute Gasteiger partial charge is 0.359 e. The third kappa shape index (κ3) is 4.23. The van der Waals surface area contributed by atoms with Crippen molar-refractivity contribution in [2.24, 2.45) is 0 Å². The van der Waals surface area contributed by atoms with Crippen LogP contribution in [0.2, 0.25) is 0 Å². The molecule has 0 aliphatic rings. The molecule has 2 heterocycles. The molecule has 0 saturated carbocycles.